The topological polar surface area (TPSA) is 71.2 Å². The maximum atomic E-state index is 12.7. The molecule has 5 nitrogen and oxygen atoms in total. The monoisotopic (exact) mass is 413 g/mol. The molecule has 0 aliphatic heterocycles. The van der Waals surface area contributed by atoms with Crippen molar-refractivity contribution in [3.05, 3.63) is 83.8 Å². The number of benzene rings is 2. The van der Waals surface area contributed by atoms with Crippen molar-refractivity contribution >= 4 is 11.0 Å². The molecule has 0 unspecified atom stereocenters. The SMILES string of the molecule is OC[C@@H](O)c1cccc(-c2ccc3c(c2)ncn3Cc2ccc(C(F)(F)F)cc2)n1. The third-order valence-corrected chi connectivity index (χ3v) is 4.84. The third-order valence-electron chi connectivity index (χ3n) is 4.84. The summed E-state index contributed by atoms with van der Waals surface area (Å²) >= 11 is 0. The van der Waals surface area contributed by atoms with Crippen LogP contribution in [-0.2, 0) is 12.7 Å². The molecule has 2 aromatic carbocycles. The Bertz CT molecular complexity index is 1170. The second-order valence-electron chi connectivity index (χ2n) is 6.92. The van der Waals surface area contributed by atoms with Gasteiger partial charge >= 0.3 is 6.18 Å². The van der Waals surface area contributed by atoms with Crippen molar-refractivity contribution in [2.24, 2.45) is 0 Å². The average molecular weight is 413 g/mol. The van der Waals surface area contributed by atoms with E-state index >= 15 is 0 Å². The quantitative estimate of drug-likeness (QED) is 0.515. The highest BCUT2D eigenvalue weighted by Crippen LogP contribution is 2.29. The first kappa shape index (κ1) is 20.1. The van der Waals surface area contributed by atoms with Crippen LogP contribution >= 0.6 is 0 Å². The van der Waals surface area contributed by atoms with E-state index < -0.39 is 24.5 Å². The zero-order valence-corrected chi connectivity index (χ0v) is 15.7. The molecule has 4 rings (SSSR count). The summed E-state index contributed by atoms with van der Waals surface area (Å²) in [6.07, 6.45) is -3.75. The summed E-state index contributed by atoms with van der Waals surface area (Å²) in [7, 11) is 0. The maximum Gasteiger partial charge on any atom is 0.416 e. The molecule has 0 amide bonds. The van der Waals surface area contributed by atoms with Crippen LogP contribution in [0.25, 0.3) is 22.3 Å². The minimum atomic E-state index is -4.35. The van der Waals surface area contributed by atoms with E-state index in [0.29, 0.717) is 23.4 Å². The van der Waals surface area contributed by atoms with Gasteiger partial charge in [-0.2, -0.15) is 13.2 Å². The number of aliphatic hydroxyl groups excluding tert-OH is 2. The standard InChI is InChI=1S/C22H18F3N3O2/c23-22(24,25)16-7-4-14(5-8-16)11-28-13-26-19-10-15(6-9-20(19)28)17-2-1-3-18(27-17)21(30)12-29/h1-10,13,21,29-30H,11-12H2/t21-/m1/s1. The van der Waals surface area contributed by atoms with Gasteiger partial charge in [-0.25, -0.2) is 9.97 Å². The van der Waals surface area contributed by atoms with Gasteiger partial charge in [-0.3, -0.25) is 0 Å². The molecule has 0 fully saturated rings. The van der Waals surface area contributed by atoms with Gasteiger partial charge in [0.1, 0.15) is 6.10 Å². The number of fused-ring (bicyclic) bond motifs is 1. The number of imidazole rings is 1. The van der Waals surface area contributed by atoms with Crippen LogP contribution in [0.1, 0.15) is 22.9 Å². The normalized spacial score (nSPS) is 13.0. The van der Waals surface area contributed by atoms with Crippen LogP contribution in [0.2, 0.25) is 0 Å². The maximum absolute atomic E-state index is 12.7. The molecular weight excluding hydrogens is 395 g/mol. The van der Waals surface area contributed by atoms with E-state index in [0.717, 1.165) is 28.8 Å². The summed E-state index contributed by atoms with van der Waals surface area (Å²) in [6.45, 7) is -0.0196. The Labute approximate surface area is 170 Å². The molecule has 0 radical (unpaired) electrons. The first-order valence-electron chi connectivity index (χ1n) is 9.22. The second-order valence-corrected chi connectivity index (χ2v) is 6.92. The fraction of sp³-hybridized carbons (Fsp3) is 0.182. The number of rotatable bonds is 5. The van der Waals surface area contributed by atoms with Crippen molar-refractivity contribution in [1.29, 1.82) is 0 Å². The Morgan fingerprint density at radius 1 is 1.00 bits per heavy atom. The summed E-state index contributed by atoms with van der Waals surface area (Å²) in [5, 5.41) is 18.9. The number of hydrogen-bond acceptors (Lipinski definition) is 4. The molecule has 8 heteroatoms. The van der Waals surface area contributed by atoms with E-state index in [2.05, 4.69) is 9.97 Å². The molecule has 2 heterocycles. The van der Waals surface area contributed by atoms with Gasteiger partial charge in [0.05, 0.1) is 40.9 Å². The number of alkyl halides is 3. The Morgan fingerprint density at radius 3 is 2.47 bits per heavy atom. The summed E-state index contributed by atoms with van der Waals surface area (Å²) in [5.74, 6) is 0. The fourth-order valence-electron chi connectivity index (χ4n) is 3.24. The van der Waals surface area contributed by atoms with Crippen LogP contribution in [0.4, 0.5) is 13.2 Å². The first-order valence-corrected chi connectivity index (χ1v) is 9.22. The van der Waals surface area contributed by atoms with E-state index in [9.17, 15) is 18.3 Å². The van der Waals surface area contributed by atoms with Crippen molar-refractivity contribution in [3.63, 3.8) is 0 Å². The number of aliphatic hydroxyl groups is 2. The number of aromatic nitrogens is 3. The zero-order valence-electron chi connectivity index (χ0n) is 15.7. The number of nitrogens with zero attached hydrogens (tertiary/aromatic N) is 3. The van der Waals surface area contributed by atoms with Crippen LogP contribution in [0.3, 0.4) is 0 Å². The molecule has 0 bridgehead atoms. The molecule has 0 saturated carbocycles. The van der Waals surface area contributed by atoms with E-state index in [1.165, 1.54) is 12.1 Å². The van der Waals surface area contributed by atoms with E-state index in [-0.39, 0.29) is 0 Å². The molecule has 2 N–H and O–H groups in total. The molecule has 30 heavy (non-hydrogen) atoms. The van der Waals surface area contributed by atoms with Gasteiger partial charge in [-0.05, 0) is 42.0 Å². The zero-order chi connectivity index (χ0) is 21.3. The van der Waals surface area contributed by atoms with Crippen molar-refractivity contribution in [3.8, 4) is 11.3 Å². The predicted molar refractivity (Wildman–Crippen MR) is 106 cm³/mol. The minimum absolute atomic E-state index is 0.378. The molecular formula is C22H18F3N3O2. The first-order chi connectivity index (χ1) is 14.3. The van der Waals surface area contributed by atoms with Gasteiger partial charge in [-0.15, -0.1) is 0 Å². The largest absolute Gasteiger partial charge is 0.416 e. The number of hydrogen-bond donors (Lipinski definition) is 2. The second kappa shape index (κ2) is 7.89. The lowest BCUT2D eigenvalue weighted by Gasteiger charge is -2.10. The molecule has 4 aromatic rings. The number of pyridine rings is 1. The highest BCUT2D eigenvalue weighted by molar-refractivity contribution is 5.81. The van der Waals surface area contributed by atoms with Gasteiger partial charge in [-0.1, -0.05) is 24.3 Å². The summed E-state index contributed by atoms with van der Waals surface area (Å²) < 4.78 is 40.0. The molecule has 0 aliphatic rings. The predicted octanol–water partition coefficient (Wildman–Crippen LogP) is 4.19. The fourth-order valence-corrected chi connectivity index (χ4v) is 3.24. The Morgan fingerprint density at radius 2 is 1.77 bits per heavy atom. The van der Waals surface area contributed by atoms with Crippen LogP contribution in [0.15, 0.2) is 67.0 Å². The van der Waals surface area contributed by atoms with Crippen molar-refractivity contribution in [2.75, 3.05) is 6.61 Å². The van der Waals surface area contributed by atoms with Gasteiger partial charge in [0.15, 0.2) is 0 Å². The van der Waals surface area contributed by atoms with Gasteiger partial charge in [0.25, 0.3) is 0 Å². The lowest BCUT2D eigenvalue weighted by atomic mass is 10.1. The highest BCUT2D eigenvalue weighted by atomic mass is 19.4. The van der Waals surface area contributed by atoms with Crippen molar-refractivity contribution < 1.29 is 23.4 Å². The van der Waals surface area contributed by atoms with Crippen molar-refractivity contribution in [2.45, 2.75) is 18.8 Å². The van der Waals surface area contributed by atoms with Crippen LogP contribution in [-0.4, -0.2) is 31.4 Å². The van der Waals surface area contributed by atoms with Crippen LogP contribution in [0.5, 0.6) is 0 Å². The molecule has 1 atom stereocenters. The van der Waals surface area contributed by atoms with Crippen molar-refractivity contribution in [1.82, 2.24) is 14.5 Å². The Balaban J connectivity index is 1.60. The Hall–Kier alpha value is -3.23. The average Bonchev–Trinajstić information content (AvgIpc) is 3.15. The smallest absolute Gasteiger partial charge is 0.393 e. The minimum Gasteiger partial charge on any atom is -0.393 e. The van der Waals surface area contributed by atoms with Crippen LogP contribution < -0.4 is 0 Å². The number of halogens is 3. The lowest BCUT2D eigenvalue weighted by molar-refractivity contribution is -0.137. The van der Waals surface area contributed by atoms with E-state index in [1.54, 1.807) is 24.5 Å². The highest BCUT2D eigenvalue weighted by Gasteiger charge is 2.29. The molecule has 0 spiro atoms. The van der Waals surface area contributed by atoms with Gasteiger partial charge < -0.3 is 14.8 Å². The lowest BCUT2D eigenvalue weighted by Crippen LogP contribution is -2.05. The molecule has 0 saturated heterocycles. The van der Waals surface area contributed by atoms with E-state index in [4.69, 9.17) is 5.11 Å². The molecule has 154 valence electrons. The van der Waals surface area contributed by atoms with Crippen LogP contribution in [0, 0.1) is 0 Å². The third kappa shape index (κ3) is 4.05. The molecule has 2 aromatic heterocycles. The molecule has 0 aliphatic carbocycles. The van der Waals surface area contributed by atoms with Gasteiger partial charge in [0, 0.05) is 12.1 Å². The van der Waals surface area contributed by atoms with Gasteiger partial charge in [0.2, 0.25) is 0 Å². The van der Waals surface area contributed by atoms with E-state index in [1.807, 2.05) is 22.8 Å². The summed E-state index contributed by atoms with van der Waals surface area (Å²) in [4.78, 5) is 8.78. The summed E-state index contributed by atoms with van der Waals surface area (Å²) in [5.41, 5.74) is 3.43. The summed E-state index contributed by atoms with van der Waals surface area (Å²) in [6, 6.07) is 15.9. The Kier molecular flexibility index (Phi) is 5.27.